The van der Waals surface area contributed by atoms with Gasteiger partial charge in [0.1, 0.15) is 12.1 Å². The molecule has 1 aliphatic heterocycles. The molecule has 0 spiro atoms. The molecule has 0 unspecified atom stereocenters. The molecular formula is C20H19N5O2. The Hall–Kier alpha value is -3.48. The molecule has 1 saturated heterocycles. The van der Waals surface area contributed by atoms with E-state index in [0.717, 1.165) is 30.0 Å². The van der Waals surface area contributed by atoms with Crippen molar-refractivity contribution in [2.75, 3.05) is 11.4 Å². The van der Waals surface area contributed by atoms with Crippen LogP contribution in [0.25, 0.3) is 5.82 Å². The second kappa shape index (κ2) is 7.41. The highest BCUT2D eigenvalue weighted by Crippen LogP contribution is 2.21. The smallest absolute Gasteiger partial charge is 0.251 e. The average Bonchev–Trinajstić information content (AvgIpc) is 3.38. The third-order valence-corrected chi connectivity index (χ3v) is 4.55. The van der Waals surface area contributed by atoms with Crippen molar-refractivity contribution in [3.05, 3.63) is 72.4 Å². The van der Waals surface area contributed by atoms with Crippen molar-refractivity contribution in [3.8, 4) is 5.82 Å². The van der Waals surface area contributed by atoms with Crippen LogP contribution in [0.4, 0.5) is 5.69 Å². The van der Waals surface area contributed by atoms with Gasteiger partial charge in [-0.15, -0.1) is 0 Å². The van der Waals surface area contributed by atoms with Gasteiger partial charge in [-0.1, -0.05) is 0 Å². The maximum atomic E-state index is 12.4. The van der Waals surface area contributed by atoms with Crippen molar-refractivity contribution >= 4 is 17.5 Å². The first-order chi connectivity index (χ1) is 13.2. The number of hydrogen-bond acceptors (Lipinski definition) is 4. The van der Waals surface area contributed by atoms with Crippen molar-refractivity contribution in [1.82, 2.24) is 19.9 Å². The molecule has 7 nitrogen and oxygen atoms in total. The number of anilines is 1. The molecule has 1 aliphatic rings. The predicted octanol–water partition coefficient (Wildman–Crippen LogP) is 2.32. The highest BCUT2D eigenvalue weighted by Gasteiger charge is 2.21. The molecule has 2 aromatic heterocycles. The lowest BCUT2D eigenvalue weighted by molar-refractivity contribution is -0.117. The third kappa shape index (κ3) is 3.72. The molecule has 0 bridgehead atoms. The van der Waals surface area contributed by atoms with Crippen molar-refractivity contribution in [1.29, 1.82) is 0 Å². The Balaban J connectivity index is 1.39. The number of nitrogens with zero attached hydrogens (tertiary/aromatic N) is 4. The summed E-state index contributed by atoms with van der Waals surface area (Å²) in [6.07, 6.45) is 8.37. The Bertz CT molecular complexity index is 951. The number of carbonyl (C=O) groups excluding carboxylic acids is 2. The molecule has 1 fully saturated rings. The largest absolute Gasteiger partial charge is 0.348 e. The number of benzene rings is 1. The maximum Gasteiger partial charge on any atom is 0.251 e. The van der Waals surface area contributed by atoms with Crippen LogP contribution in [-0.4, -0.2) is 32.9 Å². The highest BCUT2D eigenvalue weighted by molar-refractivity contribution is 5.97. The summed E-state index contributed by atoms with van der Waals surface area (Å²) in [7, 11) is 0. The summed E-state index contributed by atoms with van der Waals surface area (Å²) in [6, 6.07) is 10.9. The number of carbonyl (C=O) groups is 2. The number of imidazole rings is 1. The van der Waals surface area contributed by atoms with Crippen LogP contribution in [0.15, 0.2) is 61.3 Å². The van der Waals surface area contributed by atoms with Gasteiger partial charge in [-0.2, -0.15) is 0 Å². The zero-order chi connectivity index (χ0) is 18.6. The first kappa shape index (κ1) is 17.0. The van der Waals surface area contributed by atoms with Crippen molar-refractivity contribution in [2.24, 2.45) is 0 Å². The van der Waals surface area contributed by atoms with E-state index in [1.54, 1.807) is 35.8 Å². The molecular weight excluding hydrogens is 342 g/mol. The van der Waals surface area contributed by atoms with Gasteiger partial charge in [0.2, 0.25) is 5.91 Å². The Morgan fingerprint density at radius 2 is 2.00 bits per heavy atom. The molecule has 0 aliphatic carbocycles. The van der Waals surface area contributed by atoms with Gasteiger partial charge in [0.15, 0.2) is 0 Å². The Kier molecular flexibility index (Phi) is 4.65. The van der Waals surface area contributed by atoms with Gasteiger partial charge in [0, 0.05) is 49.4 Å². The van der Waals surface area contributed by atoms with Gasteiger partial charge in [-0.05, 0) is 48.4 Å². The van der Waals surface area contributed by atoms with E-state index in [9.17, 15) is 9.59 Å². The molecule has 7 heteroatoms. The lowest BCUT2D eigenvalue weighted by Gasteiger charge is -2.15. The minimum atomic E-state index is -0.157. The molecule has 1 N–H and O–H groups in total. The van der Waals surface area contributed by atoms with Crippen LogP contribution in [0, 0.1) is 0 Å². The molecule has 1 aromatic carbocycles. The van der Waals surface area contributed by atoms with Gasteiger partial charge in [-0.3, -0.25) is 14.2 Å². The first-order valence-corrected chi connectivity index (χ1v) is 8.82. The van der Waals surface area contributed by atoms with Crippen LogP contribution in [0.1, 0.15) is 28.8 Å². The van der Waals surface area contributed by atoms with E-state index in [1.165, 1.54) is 0 Å². The summed E-state index contributed by atoms with van der Waals surface area (Å²) < 4.78 is 1.81. The normalized spacial score (nSPS) is 13.8. The zero-order valence-corrected chi connectivity index (χ0v) is 14.7. The fourth-order valence-electron chi connectivity index (χ4n) is 3.10. The van der Waals surface area contributed by atoms with Crippen molar-refractivity contribution in [3.63, 3.8) is 0 Å². The standard InChI is InChI=1S/C20H19N5O2/c26-19-2-1-10-25(19)17-5-3-16(4-6-17)20(27)23-13-15-7-8-22-18(12-15)24-11-9-21-14-24/h3-9,11-12,14H,1-2,10,13H2,(H,23,27). The fourth-order valence-corrected chi connectivity index (χ4v) is 3.10. The molecule has 0 atom stereocenters. The zero-order valence-electron chi connectivity index (χ0n) is 14.7. The van der Waals surface area contributed by atoms with Gasteiger partial charge in [-0.25, -0.2) is 9.97 Å². The summed E-state index contributed by atoms with van der Waals surface area (Å²) in [5.74, 6) is 0.729. The van der Waals surface area contributed by atoms with Gasteiger partial charge < -0.3 is 10.2 Å². The highest BCUT2D eigenvalue weighted by atomic mass is 16.2. The minimum absolute atomic E-state index is 0.138. The maximum absolute atomic E-state index is 12.4. The molecule has 3 aromatic rings. The summed E-state index contributed by atoms with van der Waals surface area (Å²) in [6.45, 7) is 1.14. The van der Waals surface area contributed by atoms with E-state index in [0.29, 0.717) is 18.5 Å². The van der Waals surface area contributed by atoms with E-state index in [1.807, 2.05) is 35.0 Å². The number of nitrogens with one attached hydrogen (secondary N) is 1. The topological polar surface area (TPSA) is 80.1 Å². The number of aromatic nitrogens is 3. The van der Waals surface area contributed by atoms with Crippen LogP contribution in [0.2, 0.25) is 0 Å². The molecule has 0 radical (unpaired) electrons. The van der Waals surface area contributed by atoms with Crippen molar-refractivity contribution < 1.29 is 9.59 Å². The Labute approximate surface area is 156 Å². The van der Waals surface area contributed by atoms with E-state index < -0.39 is 0 Å². The van der Waals surface area contributed by atoms with E-state index >= 15 is 0 Å². The van der Waals surface area contributed by atoms with Gasteiger partial charge in [0.25, 0.3) is 5.91 Å². The second-order valence-electron chi connectivity index (χ2n) is 6.37. The molecule has 2 amide bonds. The monoisotopic (exact) mass is 361 g/mol. The first-order valence-electron chi connectivity index (χ1n) is 8.82. The lowest BCUT2D eigenvalue weighted by atomic mass is 10.1. The van der Waals surface area contributed by atoms with Crippen molar-refractivity contribution in [2.45, 2.75) is 19.4 Å². The lowest BCUT2D eigenvalue weighted by Crippen LogP contribution is -2.25. The minimum Gasteiger partial charge on any atom is -0.348 e. The quantitative estimate of drug-likeness (QED) is 0.756. The Morgan fingerprint density at radius 1 is 1.15 bits per heavy atom. The summed E-state index contributed by atoms with van der Waals surface area (Å²) in [5.41, 5.74) is 2.35. The predicted molar refractivity (Wildman–Crippen MR) is 101 cm³/mol. The molecule has 136 valence electrons. The van der Waals surface area contributed by atoms with Crippen LogP contribution in [0.3, 0.4) is 0 Å². The number of amides is 2. The second-order valence-corrected chi connectivity index (χ2v) is 6.37. The number of hydrogen-bond donors (Lipinski definition) is 1. The molecule has 3 heterocycles. The SMILES string of the molecule is O=C(NCc1ccnc(-n2ccnc2)c1)c1ccc(N2CCCC2=O)cc1. The summed E-state index contributed by atoms with van der Waals surface area (Å²) >= 11 is 0. The average molecular weight is 361 g/mol. The summed E-state index contributed by atoms with van der Waals surface area (Å²) in [5, 5.41) is 2.91. The van der Waals surface area contributed by atoms with Crippen LogP contribution in [0.5, 0.6) is 0 Å². The molecule has 4 rings (SSSR count). The third-order valence-electron chi connectivity index (χ3n) is 4.55. The Morgan fingerprint density at radius 3 is 2.70 bits per heavy atom. The fraction of sp³-hybridized carbons (Fsp3) is 0.200. The van der Waals surface area contributed by atoms with Gasteiger partial charge in [0.05, 0.1) is 0 Å². The van der Waals surface area contributed by atoms with Gasteiger partial charge >= 0.3 is 0 Å². The molecule has 27 heavy (non-hydrogen) atoms. The number of pyridine rings is 1. The number of rotatable bonds is 5. The molecule has 0 saturated carbocycles. The van der Waals surface area contributed by atoms with E-state index in [4.69, 9.17) is 0 Å². The van der Waals surface area contributed by atoms with E-state index in [2.05, 4.69) is 15.3 Å². The summed E-state index contributed by atoms with van der Waals surface area (Å²) in [4.78, 5) is 34.3. The van der Waals surface area contributed by atoms with E-state index in [-0.39, 0.29) is 11.8 Å². The van der Waals surface area contributed by atoms with Crippen LogP contribution >= 0.6 is 0 Å². The van der Waals surface area contributed by atoms with Crippen LogP contribution < -0.4 is 10.2 Å². The van der Waals surface area contributed by atoms with Crippen LogP contribution in [-0.2, 0) is 11.3 Å².